The number of halogens is 5. The molecule has 0 radical (unpaired) electrons. The van der Waals surface area contributed by atoms with Gasteiger partial charge in [0.25, 0.3) is 5.91 Å². The largest absolute Gasteiger partial charge is 0.434 e. The van der Waals surface area contributed by atoms with Gasteiger partial charge in [-0.05, 0) is 60.0 Å². The van der Waals surface area contributed by atoms with Gasteiger partial charge < -0.3 is 15.0 Å². The van der Waals surface area contributed by atoms with Crippen LogP contribution in [-0.4, -0.2) is 35.2 Å². The Morgan fingerprint density at radius 3 is 2.24 bits per heavy atom. The van der Waals surface area contributed by atoms with E-state index in [2.05, 4.69) is 10.3 Å². The second-order valence-corrected chi connectivity index (χ2v) is 11.8. The highest BCUT2D eigenvalue weighted by Crippen LogP contribution is 2.39. The van der Waals surface area contributed by atoms with E-state index < -0.39 is 44.9 Å². The minimum Gasteiger partial charge on any atom is -0.392 e. The van der Waals surface area contributed by atoms with Crippen LogP contribution in [0.25, 0.3) is 28.1 Å². The second-order valence-electron chi connectivity index (χ2n) is 9.35. The third-order valence-corrected chi connectivity index (χ3v) is 8.01. The number of amides is 1. The molecule has 1 aliphatic heterocycles. The van der Waals surface area contributed by atoms with Crippen LogP contribution in [0.1, 0.15) is 28.2 Å². The van der Waals surface area contributed by atoms with Crippen molar-refractivity contribution in [1.82, 2.24) is 14.9 Å². The molecule has 0 spiro atoms. The molecule has 41 heavy (non-hydrogen) atoms. The molecular weight excluding hydrogens is 586 g/mol. The number of hydrogen-bond donors (Lipinski definition) is 2. The number of nitrogens with zero attached hydrogens (tertiary/aromatic N) is 2. The Morgan fingerprint density at radius 2 is 1.68 bits per heavy atom. The highest BCUT2D eigenvalue weighted by Gasteiger charge is 2.36. The number of nitrogens with one attached hydrogen (secondary N) is 1. The van der Waals surface area contributed by atoms with Crippen LogP contribution in [0, 0.1) is 12.7 Å². The van der Waals surface area contributed by atoms with Crippen molar-refractivity contribution in [1.29, 1.82) is 0 Å². The Morgan fingerprint density at radius 1 is 1.02 bits per heavy atom. The van der Waals surface area contributed by atoms with Gasteiger partial charge >= 0.3 is 6.18 Å². The minimum atomic E-state index is -4.71. The molecule has 7 nitrogen and oxygen atoms in total. The van der Waals surface area contributed by atoms with Crippen molar-refractivity contribution < 1.29 is 35.9 Å². The zero-order chi connectivity index (χ0) is 29.9. The Labute approximate surface area is 236 Å². The van der Waals surface area contributed by atoms with Crippen molar-refractivity contribution in [3.63, 3.8) is 0 Å². The highest BCUT2D eigenvalue weighted by molar-refractivity contribution is 7.90. The molecule has 0 bridgehead atoms. The van der Waals surface area contributed by atoms with Crippen molar-refractivity contribution in [3.8, 4) is 16.8 Å². The van der Waals surface area contributed by atoms with Crippen LogP contribution in [0.4, 0.5) is 17.6 Å². The number of rotatable bonds is 6. The van der Waals surface area contributed by atoms with Gasteiger partial charge in [0.1, 0.15) is 11.6 Å². The minimum absolute atomic E-state index is 0.0170. The maximum atomic E-state index is 14.9. The molecular formula is C28H20ClF4N3O4S. The van der Waals surface area contributed by atoms with Crippen LogP contribution in [0.5, 0.6) is 0 Å². The number of benzene rings is 3. The Kier molecular flexibility index (Phi) is 7.04. The number of aliphatic hydroxyl groups excluding tert-OH is 1. The second kappa shape index (κ2) is 10.1. The van der Waals surface area contributed by atoms with Crippen LogP contribution in [0.2, 0.25) is 5.02 Å². The van der Waals surface area contributed by atoms with Gasteiger partial charge in [0, 0.05) is 28.6 Å². The lowest BCUT2D eigenvalue weighted by atomic mass is 9.90. The first-order valence-electron chi connectivity index (χ1n) is 11.9. The summed E-state index contributed by atoms with van der Waals surface area (Å²) in [6, 6.07) is 13.1. The molecule has 0 atom stereocenters. The van der Waals surface area contributed by atoms with Crippen molar-refractivity contribution in [2.45, 2.75) is 24.6 Å². The van der Waals surface area contributed by atoms with Crippen LogP contribution >= 0.6 is 11.6 Å². The molecule has 3 aromatic carbocycles. The first-order chi connectivity index (χ1) is 19.2. The first-order valence-corrected chi connectivity index (χ1v) is 14.2. The van der Waals surface area contributed by atoms with Crippen LogP contribution in [0.3, 0.4) is 0 Å². The smallest absolute Gasteiger partial charge is 0.392 e. The Balaban J connectivity index is 1.78. The molecule has 212 valence electrons. The molecule has 0 unspecified atom stereocenters. The number of aromatic nitrogens is 2. The molecule has 13 heteroatoms. The van der Waals surface area contributed by atoms with Gasteiger partial charge in [0.2, 0.25) is 0 Å². The van der Waals surface area contributed by atoms with Gasteiger partial charge in [0.05, 0.1) is 28.5 Å². The van der Waals surface area contributed by atoms with Crippen LogP contribution in [0.15, 0.2) is 65.7 Å². The fourth-order valence-electron chi connectivity index (χ4n) is 4.62. The van der Waals surface area contributed by atoms with Gasteiger partial charge in [-0.1, -0.05) is 29.8 Å². The average molecular weight is 606 g/mol. The maximum absolute atomic E-state index is 14.9. The molecule has 1 amide bonds. The van der Waals surface area contributed by atoms with E-state index in [1.807, 2.05) is 0 Å². The van der Waals surface area contributed by atoms with E-state index in [9.17, 15) is 35.9 Å². The standard InChI is InChI=1S/C28H20ClF4N3O4S/c1-14-34-24(28(31,32)33)12-36(14)22-8-5-16(17-10-21(30)20(13-37)23(11-17)41(2,39)40)9-19(22)26-25(27(38)35-26)15-3-6-18(29)7-4-15/h3-12,37H,13H2,1-2H3,(H,35,38). The first kappa shape index (κ1) is 28.5. The molecule has 0 aliphatic carbocycles. The monoisotopic (exact) mass is 605 g/mol. The predicted octanol–water partition coefficient (Wildman–Crippen LogP) is 5.55. The van der Waals surface area contributed by atoms with E-state index in [0.29, 0.717) is 16.1 Å². The Bertz CT molecular complexity index is 1860. The number of carbonyl (C=O) groups is 1. The van der Waals surface area contributed by atoms with Gasteiger partial charge in [-0.25, -0.2) is 17.8 Å². The zero-order valence-corrected chi connectivity index (χ0v) is 22.9. The van der Waals surface area contributed by atoms with E-state index in [-0.39, 0.29) is 39.5 Å². The molecule has 1 aromatic heterocycles. The summed E-state index contributed by atoms with van der Waals surface area (Å²) in [4.78, 5) is 15.9. The Hall–Kier alpha value is -4.00. The molecule has 0 saturated carbocycles. The summed E-state index contributed by atoms with van der Waals surface area (Å²) < 4.78 is 81.2. The quantitative estimate of drug-likeness (QED) is 0.281. The SMILES string of the molecule is Cc1nc(C(F)(F)F)cn1-c1ccc(-c2cc(F)c(CO)c(S(C)(=O)=O)c2)cc1C1=C(c2ccc(Cl)cc2)C(=O)N1. The molecule has 5 rings (SSSR count). The average Bonchev–Trinajstić information content (AvgIpc) is 3.29. The predicted molar refractivity (Wildman–Crippen MR) is 144 cm³/mol. The summed E-state index contributed by atoms with van der Waals surface area (Å²) >= 11 is 5.99. The highest BCUT2D eigenvalue weighted by atomic mass is 35.5. The molecule has 4 aromatic rings. The van der Waals surface area contributed by atoms with Crippen molar-refractivity contribution >= 4 is 38.6 Å². The van der Waals surface area contributed by atoms with Crippen molar-refractivity contribution in [2.24, 2.45) is 0 Å². The number of aliphatic hydroxyl groups is 1. The molecule has 1 aliphatic rings. The lowest BCUT2D eigenvalue weighted by Gasteiger charge is -2.27. The topological polar surface area (TPSA) is 101 Å². The maximum Gasteiger partial charge on any atom is 0.434 e. The van der Waals surface area contributed by atoms with E-state index in [0.717, 1.165) is 18.5 Å². The lowest BCUT2D eigenvalue weighted by Crippen LogP contribution is -2.35. The van der Waals surface area contributed by atoms with E-state index in [4.69, 9.17) is 11.6 Å². The number of imidazole rings is 1. The van der Waals surface area contributed by atoms with Crippen LogP contribution in [-0.2, 0) is 27.4 Å². The van der Waals surface area contributed by atoms with Gasteiger partial charge in [-0.15, -0.1) is 0 Å². The summed E-state index contributed by atoms with van der Waals surface area (Å²) in [5, 5.41) is 12.7. The van der Waals surface area contributed by atoms with Gasteiger partial charge in [0.15, 0.2) is 15.5 Å². The fraction of sp³-hybridized carbons (Fsp3) is 0.143. The molecule has 0 fully saturated rings. The van der Waals surface area contributed by atoms with Crippen molar-refractivity contribution in [2.75, 3.05) is 6.26 Å². The van der Waals surface area contributed by atoms with E-state index in [1.165, 1.54) is 35.8 Å². The van der Waals surface area contributed by atoms with Crippen LogP contribution < -0.4 is 5.32 Å². The molecule has 2 N–H and O–H groups in total. The van der Waals surface area contributed by atoms with Gasteiger partial charge in [-0.3, -0.25) is 4.79 Å². The third-order valence-electron chi connectivity index (χ3n) is 6.59. The summed E-state index contributed by atoms with van der Waals surface area (Å²) in [6.45, 7) is 0.547. The summed E-state index contributed by atoms with van der Waals surface area (Å²) in [5.41, 5.74) is 0.454. The third kappa shape index (κ3) is 5.25. The molecule has 2 heterocycles. The summed E-state index contributed by atoms with van der Waals surface area (Å²) in [7, 11) is -3.94. The summed E-state index contributed by atoms with van der Waals surface area (Å²) in [6.07, 6.45) is -3.00. The number of hydrogen-bond acceptors (Lipinski definition) is 5. The van der Waals surface area contributed by atoms with Crippen molar-refractivity contribution in [3.05, 3.63) is 99.8 Å². The number of aryl methyl sites for hydroxylation is 1. The fourth-order valence-corrected chi connectivity index (χ4v) is 5.70. The number of sulfone groups is 1. The zero-order valence-electron chi connectivity index (χ0n) is 21.3. The summed E-state index contributed by atoms with van der Waals surface area (Å²) in [5.74, 6) is -1.37. The lowest BCUT2D eigenvalue weighted by molar-refractivity contribution is -0.141. The van der Waals surface area contributed by atoms with E-state index in [1.54, 1.807) is 24.3 Å². The number of carbonyl (C=O) groups excluding carboxylic acids is 1. The number of alkyl halides is 3. The normalized spacial score (nSPS) is 13.8. The van der Waals surface area contributed by atoms with Gasteiger partial charge in [-0.2, -0.15) is 13.2 Å². The molecule has 0 saturated heterocycles. The van der Waals surface area contributed by atoms with E-state index >= 15 is 0 Å².